The number of halogens is 1. The first-order valence-electron chi connectivity index (χ1n) is 6.96. The van der Waals surface area contributed by atoms with Crippen molar-refractivity contribution in [2.24, 2.45) is 5.41 Å². The van der Waals surface area contributed by atoms with Crippen LogP contribution in [-0.4, -0.2) is 19.7 Å². The van der Waals surface area contributed by atoms with Crippen molar-refractivity contribution in [3.8, 4) is 5.75 Å². The summed E-state index contributed by atoms with van der Waals surface area (Å²) in [6, 6.07) is 6.35. The molecule has 108 valence electrons. The molecule has 0 aliphatic rings. The zero-order valence-corrected chi connectivity index (χ0v) is 13.5. The molecule has 0 aliphatic heterocycles. The van der Waals surface area contributed by atoms with Gasteiger partial charge >= 0.3 is 0 Å². The Balaban J connectivity index is 2.87. The van der Waals surface area contributed by atoms with Crippen LogP contribution in [0, 0.1) is 5.41 Å². The lowest BCUT2D eigenvalue weighted by molar-refractivity contribution is 0.277. The molecule has 1 aromatic carbocycles. The van der Waals surface area contributed by atoms with Gasteiger partial charge in [-0.3, -0.25) is 0 Å². The summed E-state index contributed by atoms with van der Waals surface area (Å²) in [5.41, 5.74) is 1.40. The van der Waals surface area contributed by atoms with E-state index in [0.717, 1.165) is 30.2 Å². The van der Waals surface area contributed by atoms with Crippen molar-refractivity contribution >= 4 is 11.6 Å². The van der Waals surface area contributed by atoms with Gasteiger partial charge in [-0.1, -0.05) is 39.3 Å². The molecule has 1 unspecified atom stereocenters. The fraction of sp³-hybridized carbons (Fsp3) is 0.625. The highest BCUT2D eigenvalue weighted by atomic mass is 35.5. The Bertz CT molecular complexity index is 406. The zero-order chi connectivity index (χ0) is 14.5. The van der Waals surface area contributed by atoms with Gasteiger partial charge in [0.2, 0.25) is 0 Å². The molecule has 0 radical (unpaired) electrons. The summed E-state index contributed by atoms with van der Waals surface area (Å²) in [6.45, 7) is 9.89. The van der Waals surface area contributed by atoms with Gasteiger partial charge in [0.25, 0.3) is 0 Å². The average molecular weight is 284 g/mol. The van der Waals surface area contributed by atoms with E-state index < -0.39 is 0 Å². The third-order valence-electron chi connectivity index (χ3n) is 3.65. The lowest BCUT2D eigenvalue weighted by atomic mass is 9.80. The van der Waals surface area contributed by atoms with E-state index in [0.29, 0.717) is 6.04 Å². The van der Waals surface area contributed by atoms with Gasteiger partial charge in [0.05, 0.1) is 7.11 Å². The number of nitrogens with one attached hydrogen (secondary N) is 1. The van der Waals surface area contributed by atoms with Crippen molar-refractivity contribution in [3.05, 3.63) is 28.8 Å². The van der Waals surface area contributed by atoms with E-state index in [4.69, 9.17) is 16.3 Å². The second-order valence-corrected chi connectivity index (χ2v) is 6.27. The average Bonchev–Trinajstić information content (AvgIpc) is 2.37. The topological polar surface area (TPSA) is 21.3 Å². The van der Waals surface area contributed by atoms with Crippen LogP contribution in [-0.2, 0) is 6.42 Å². The molecule has 2 nitrogen and oxygen atoms in total. The molecule has 1 atom stereocenters. The number of rotatable bonds is 7. The molecule has 1 rings (SSSR count). The summed E-state index contributed by atoms with van der Waals surface area (Å²) < 4.78 is 5.44. The van der Waals surface area contributed by atoms with Crippen molar-refractivity contribution < 1.29 is 4.74 Å². The van der Waals surface area contributed by atoms with Gasteiger partial charge in [0.15, 0.2) is 0 Å². The third-order valence-corrected chi connectivity index (χ3v) is 3.89. The molecule has 3 heteroatoms. The van der Waals surface area contributed by atoms with Crippen LogP contribution in [0.5, 0.6) is 5.75 Å². The molecule has 1 N–H and O–H groups in total. The van der Waals surface area contributed by atoms with Crippen LogP contribution >= 0.6 is 11.6 Å². The third kappa shape index (κ3) is 5.04. The van der Waals surface area contributed by atoms with Crippen LogP contribution in [0.15, 0.2) is 18.2 Å². The first-order valence-corrected chi connectivity index (χ1v) is 7.34. The Morgan fingerprint density at radius 1 is 1.37 bits per heavy atom. The highest BCUT2D eigenvalue weighted by Gasteiger charge is 2.24. The fourth-order valence-corrected chi connectivity index (χ4v) is 2.30. The van der Waals surface area contributed by atoms with Gasteiger partial charge in [0.1, 0.15) is 5.75 Å². The molecular formula is C16H26ClNO. The van der Waals surface area contributed by atoms with Crippen molar-refractivity contribution in [2.75, 3.05) is 13.7 Å². The van der Waals surface area contributed by atoms with Gasteiger partial charge in [0, 0.05) is 17.6 Å². The van der Waals surface area contributed by atoms with Crippen LogP contribution < -0.4 is 10.1 Å². The van der Waals surface area contributed by atoms with E-state index >= 15 is 0 Å². The molecule has 0 bridgehead atoms. The van der Waals surface area contributed by atoms with Gasteiger partial charge < -0.3 is 10.1 Å². The van der Waals surface area contributed by atoms with Gasteiger partial charge in [-0.05, 0) is 42.0 Å². The van der Waals surface area contributed by atoms with Crippen LogP contribution in [0.2, 0.25) is 5.02 Å². The van der Waals surface area contributed by atoms with E-state index in [1.54, 1.807) is 7.11 Å². The monoisotopic (exact) mass is 283 g/mol. The minimum Gasteiger partial charge on any atom is -0.496 e. The molecule has 0 spiro atoms. The minimum absolute atomic E-state index is 0.211. The molecule has 1 aromatic rings. The van der Waals surface area contributed by atoms with Crippen molar-refractivity contribution in [3.63, 3.8) is 0 Å². The van der Waals surface area contributed by atoms with E-state index in [1.807, 2.05) is 18.2 Å². The molecule has 0 saturated carbocycles. The zero-order valence-electron chi connectivity index (χ0n) is 12.7. The second-order valence-electron chi connectivity index (χ2n) is 5.83. The van der Waals surface area contributed by atoms with Crippen molar-refractivity contribution in [2.45, 2.75) is 46.6 Å². The molecule has 0 fully saturated rings. The quantitative estimate of drug-likeness (QED) is 0.805. The number of ether oxygens (including phenoxy) is 1. The van der Waals surface area contributed by atoms with E-state index in [-0.39, 0.29) is 5.41 Å². The molecule has 19 heavy (non-hydrogen) atoms. The van der Waals surface area contributed by atoms with E-state index in [2.05, 4.69) is 33.0 Å². The Morgan fingerprint density at radius 3 is 2.58 bits per heavy atom. The van der Waals surface area contributed by atoms with E-state index in [9.17, 15) is 0 Å². The summed E-state index contributed by atoms with van der Waals surface area (Å²) in [5, 5.41) is 4.31. The Labute approximate surface area is 122 Å². The fourth-order valence-electron chi connectivity index (χ4n) is 2.11. The highest BCUT2D eigenvalue weighted by molar-refractivity contribution is 6.30. The maximum Gasteiger partial charge on any atom is 0.122 e. The van der Waals surface area contributed by atoms with Gasteiger partial charge in [-0.15, -0.1) is 0 Å². The minimum atomic E-state index is 0.211. The molecule has 0 amide bonds. The van der Waals surface area contributed by atoms with Crippen molar-refractivity contribution in [1.82, 2.24) is 5.32 Å². The first kappa shape index (κ1) is 16.3. The lowest BCUT2D eigenvalue weighted by Crippen LogP contribution is -2.36. The molecule has 0 aromatic heterocycles. The predicted molar refractivity (Wildman–Crippen MR) is 83.2 cm³/mol. The van der Waals surface area contributed by atoms with Gasteiger partial charge in [-0.2, -0.15) is 0 Å². The number of hydrogen-bond acceptors (Lipinski definition) is 2. The van der Waals surface area contributed by atoms with Crippen LogP contribution in [0.1, 0.15) is 39.7 Å². The summed E-state index contributed by atoms with van der Waals surface area (Å²) >= 11 is 6.10. The van der Waals surface area contributed by atoms with Crippen molar-refractivity contribution in [1.29, 1.82) is 0 Å². The Hall–Kier alpha value is -0.730. The summed E-state index contributed by atoms with van der Waals surface area (Å²) in [7, 11) is 1.71. The Morgan fingerprint density at radius 2 is 2.05 bits per heavy atom. The summed E-state index contributed by atoms with van der Waals surface area (Å²) in [6.07, 6.45) is 2.08. The SMILES string of the molecule is CCC(C)(CNC(C)C)Cc1cc(Cl)ccc1OC. The Kier molecular flexibility index (Phi) is 6.15. The normalized spacial score (nSPS) is 14.5. The number of methoxy groups -OCH3 is 1. The van der Waals surface area contributed by atoms with Crippen LogP contribution in [0.3, 0.4) is 0 Å². The largest absolute Gasteiger partial charge is 0.496 e. The van der Waals surface area contributed by atoms with Crippen LogP contribution in [0.4, 0.5) is 0 Å². The molecule has 0 heterocycles. The highest BCUT2D eigenvalue weighted by Crippen LogP contribution is 2.32. The first-order chi connectivity index (χ1) is 8.90. The van der Waals surface area contributed by atoms with Crippen LogP contribution in [0.25, 0.3) is 0 Å². The van der Waals surface area contributed by atoms with E-state index in [1.165, 1.54) is 5.56 Å². The number of benzene rings is 1. The maximum atomic E-state index is 6.10. The van der Waals surface area contributed by atoms with Gasteiger partial charge in [-0.25, -0.2) is 0 Å². The molecule has 0 saturated heterocycles. The second kappa shape index (κ2) is 7.16. The summed E-state index contributed by atoms with van der Waals surface area (Å²) in [5.74, 6) is 0.925. The summed E-state index contributed by atoms with van der Waals surface area (Å²) in [4.78, 5) is 0. The smallest absolute Gasteiger partial charge is 0.122 e. The number of hydrogen-bond donors (Lipinski definition) is 1. The molecular weight excluding hydrogens is 258 g/mol. The standard InChI is InChI=1S/C16H26ClNO/c1-6-16(4,11-18-12(2)3)10-13-9-14(17)7-8-15(13)19-5/h7-9,12,18H,6,10-11H2,1-5H3. The lowest BCUT2D eigenvalue weighted by Gasteiger charge is -2.30. The predicted octanol–water partition coefficient (Wildman–Crippen LogP) is 4.31. The molecule has 0 aliphatic carbocycles. The maximum absolute atomic E-state index is 6.10.